The average molecular weight is 615 g/mol. The van der Waals surface area contributed by atoms with E-state index in [-0.39, 0.29) is 5.75 Å². The molecule has 0 amide bonds. The van der Waals surface area contributed by atoms with Gasteiger partial charge in [0.1, 0.15) is 5.75 Å². The Morgan fingerprint density at radius 3 is 0.848 bits per heavy atom. The molecule has 0 aliphatic carbocycles. The summed E-state index contributed by atoms with van der Waals surface area (Å²) in [4.78, 5) is 0. The molecule has 0 saturated carbocycles. The van der Waals surface area contributed by atoms with Gasteiger partial charge in [-0.2, -0.15) is 0 Å². The van der Waals surface area contributed by atoms with Crippen LogP contribution in [0, 0.1) is 0 Å². The standard InChI is InChI=1S/C25H20O.C18H15OP/c26-24-18-16-23(17-19-24)25(20-10-4-1-5-11-20,21-12-6-2-7-13-21)22-14-8-3-9-15-22;19-20(16-10-4-1-5-11-16,17-12-6-2-7-13-17)18-14-8-3-9-15-18/h1-19,26H;1-15H. The Morgan fingerprint density at radius 2 is 0.565 bits per heavy atom. The monoisotopic (exact) mass is 614 g/mol. The lowest BCUT2D eigenvalue weighted by Crippen LogP contribution is -2.30. The summed E-state index contributed by atoms with van der Waals surface area (Å²) in [5.41, 5.74) is 4.27. The molecule has 1 N–H and O–H groups in total. The van der Waals surface area contributed by atoms with Gasteiger partial charge in [0, 0.05) is 15.9 Å². The van der Waals surface area contributed by atoms with E-state index in [2.05, 4.69) is 72.8 Å². The third-order valence-corrected chi connectivity index (χ3v) is 11.4. The molecule has 0 radical (unpaired) electrons. The Kier molecular flexibility index (Phi) is 9.39. The van der Waals surface area contributed by atoms with Crippen LogP contribution in [0.25, 0.3) is 0 Å². The molecule has 224 valence electrons. The SMILES string of the molecule is O=P(c1ccccc1)(c1ccccc1)c1ccccc1.Oc1ccc(C(c2ccccc2)(c2ccccc2)c2ccccc2)cc1. The molecule has 0 bridgehead atoms. The lowest BCUT2D eigenvalue weighted by atomic mass is 9.65. The van der Waals surface area contributed by atoms with Crippen LogP contribution in [0.15, 0.2) is 206 Å². The first-order valence-corrected chi connectivity index (χ1v) is 17.1. The highest BCUT2D eigenvalue weighted by Crippen LogP contribution is 2.45. The van der Waals surface area contributed by atoms with Gasteiger partial charge in [-0.25, -0.2) is 0 Å². The largest absolute Gasteiger partial charge is 0.508 e. The van der Waals surface area contributed by atoms with E-state index in [4.69, 9.17) is 0 Å². The first-order valence-electron chi connectivity index (χ1n) is 15.4. The highest BCUT2D eigenvalue weighted by Gasteiger charge is 2.38. The van der Waals surface area contributed by atoms with Gasteiger partial charge < -0.3 is 9.67 Å². The van der Waals surface area contributed by atoms with E-state index in [1.54, 1.807) is 12.1 Å². The Balaban J connectivity index is 0.000000167. The number of benzene rings is 7. The fourth-order valence-electron chi connectivity index (χ4n) is 6.14. The molecule has 2 nitrogen and oxygen atoms in total. The van der Waals surface area contributed by atoms with Crippen LogP contribution >= 0.6 is 7.14 Å². The zero-order valence-corrected chi connectivity index (χ0v) is 26.3. The van der Waals surface area contributed by atoms with Crippen LogP contribution < -0.4 is 15.9 Å². The highest BCUT2D eigenvalue weighted by molar-refractivity contribution is 7.85. The van der Waals surface area contributed by atoms with Crippen LogP contribution in [-0.4, -0.2) is 5.11 Å². The predicted octanol–water partition coefficient (Wildman–Crippen LogP) is 9.10. The summed E-state index contributed by atoms with van der Waals surface area (Å²) in [5.74, 6) is 0.275. The highest BCUT2D eigenvalue weighted by atomic mass is 31.2. The third-order valence-electron chi connectivity index (χ3n) is 8.28. The molecule has 0 unspecified atom stereocenters. The normalized spacial score (nSPS) is 11.2. The van der Waals surface area contributed by atoms with Crippen LogP contribution in [0.4, 0.5) is 0 Å². The smallest absolute Gasteiger partial charge is 0.171 e. The summed E-state index contributed by atoms with van der Waals surface area (Å²) in [6.45, 7) is 0. The fraction of sp³-hybridized carbons (Fsp3) is 0.0233. The number of rotatable bonds is 7. The van der Waals surface area contributed by atoms with E-state index in [9.17, 15) is 9.67 Å². The van der Waals surface area contributed by atoms with Gasteiger partial charge in [0.25, 0.3) is 0 Å². The van der Waals surface area contributed by atoms with Crippen molar-refractivity contribution in [2.75, 3.05) is 0 Å². The van der Waals surface area contributed by atoms with Crippen molar-refractivity contribution < 1.29 is 9.67 Å². The van der Waals surface area contributed by atoms with Crippen molar-refractivity contribution in [3.8, 4) is 5.75 Å². The van der Waals surface area contributed by atoms with Gasteiger partial charge in [-0.3, -0.25) is 0 Å². The van der Waals surface area contributed by atoms with Crippen LogP contribution in [0.5, 0.6) is 5.75 Å². The zero-order valence-electron chi connectivity index (χ0n) is 25.4. The molecule has 0 atom stereocenters. The van der Waals surface area contributed by atoms with E-state index >= 15 is 0 Å². The van der Waals surface area contributed by atoms with Crippen molar-refractivity contribution in [3.63, 3.8) is 0 Å². The Labute approximate surface area is 271 Å². The van der Waals surface area contributed by atoms with Gasteiger partial charge in [-0.05, 0) is 34.4 Å². The van der Waals surface area contributed by atoms with Crippen molar-refractivity contribution in [1.29, 1.82) is 0 Å². The molecule has 7 aromatic rings. The lowest BCUT2D eigenvalue weighted by Gasteiger charge is -2.36. The van der Waals surface area contributed by atoms with Gasteiger partial charge in [0.05, 0.1) is 5.41 Å². The number of aromatic hydroxyl groups is 1. The van der Waals surface area contributed by atoms with Crippen molar-refractivity contribution in [2.24, 2.45) is 0 Å². The molecule has 3 heteroatoms. The molecule has 0 aliphatic heterocycles. The zero-order chi connectivity index (χ0) is 31.7. The topological polar surface area (TPSA) is 37.3 Å². The van der Waals surface area contributed by atoms with E-state index in [1.807, 2.05) is 121 Å². The molecule has 7 aromatic carbocycles. The van der Waals surface area contributed by atoms with Crippen molar-refractivity contribution in [2.45, 2.75) is 5.41 Å². The molecule has 7 rings (SSSR count). The Hall–Kier alpha value is -5.43. The maximum atomic E-state index is 13.8. The number of hydrogen-bond donors (Lipinski definition) is 1. The van der Waals surface area contributed by atoms with E-state index in [1.165, 1.54) is 16.7 Å². The number of phenols is 1. The number of hydrogen-bond acceptors (Lipinski definition) is 2. The maximum absolute atomic E-state index is 13.8. The maximum Gasteiger partial charge on any atom is 0.171 e. The summed E-state index contributed by atoms with van der Waals surface area (Å²) in [6.07, 6.45) is 0. The first-order chi connectivity index (χ1) is 22.6. The molecule has 0 aromatic heterocycles. The molecular weight excluding hydrogens is 579 g/mol. The molecule has 0 spiro atoms. The Bertz CT molecular complexity index is 1780. The quantitative estimate of drug-likeness (QED) is 0.144. The van der Waals surface area contributed by atoms with Gasteiger partial charge >= 0.3 is 0 Å². The minimum atomic E-state index is -2.78. The van der Waals surface area contributed by atoms with Gasteiger partial charge in [0.15, 0.2) is 7.14 Å². The van der Waals surface area contributed by atoms with E-state index < -0.39 is 12.6 Å². The minimum absolute atomic E-state index is 0.275. The summed E-state index contributed by atoms with van der Waals surface area (Å²) in [6, 6.07) is 68.4. The fourth-order valence-corrected chi connectivity index (χ4v) is 8.81. The first kappa shape index (κ1) is 30.6. The van der Waals surface area contributed by atoms with E-state index in [0.29, 0.717) is 0 Å². The van der Waals surface area contributed by atoms with Crippen LogP contribution in [-0.2, 0) is 9.98 Å². The number of phenolic OH excluding ortho intramolecular Hbond substituents is 1. The predicted molar refractivity (Wildman–Crippen MR) is 192 cm³/mol. The summed E-state index contributed by atoms with van der Waals surface area (Å²) < 4.78 is 13.8. The molecule has 0 heterocycles. The average Bonchev–Trinajstić information content (AvgIpc) is 3.15. The minimum Gasteiger partial charge on any atom is -0.508 e. The van der Waals surface area contributed by atoms with E-state index in [0.717, 1.165) is 21.5 Å². The molecular formula is C43H35O2P. The third kappa shape index (κ3) is 6.09. The lowest BCUT2D eigenvalue weighted by molar-refractivity contribution is 0.475. The summed E-state index contributed by atoms with van der Waals surface area (Å²) >= 11 is 0. The van der Waals surface area contributed by atoms with Gasteiger partial charge in [-0.1, -0.05) is 194 Å². The van der Waals surface area contributed by atoms with Gasteiger partial charge in [-0.15, -0.1) is 0 Å². The molecule has 0 saturated heterocycles. The second kappa shape index (κ2) is 14.1. The second-order valence-electron chi connectivity index (χ2n) is 11.0. The van der Waals surface area contributed by atoms with Crippen molar-refractivity contribution >= 4 is 23.1 Å². The van der Waals surface area contributed by atoms with Crippen LogP contribution in [0.1, 0.15) is 22.3 Å². The second-order valence-corrected chi connectivity index (χ2v) is 13.8. The van der Waals surface area contributed by atoms with Gasteiger partial charge in [0.2, 0.25) is 0 Å². The van der Waals surface area contributed by atoms with Crippen LogP contribution in [0.2, 0.25) is 0 Å². The summed E-state index contributed by atoms with van der Waals surface area (Å²) in [7, 11) is -2.78. The summed E-state index contributed by atoms with van der Waals surface area (Å²) in [5, 5.41) is 12.5. The molecule has 0 fully saturated rings. The molecule has 0 aliphatic rings. The Morgan fingerprint density at radius 1 is 0.326 bits per heavy atom. The molecule has 46 heavy (non-hydrogen) atoms. The van der Waals surface area contributed by atoms with Crippen molar-refractivity contribution in [1.82, 2.24) is 0 Å². The van der Waals surface area contributed by atoms with Crippen molar-refractivity contribution in [3.05, 3.63) is 229 Å². The van der Waals surface area contributed by atoms with Crippen LogP contribution in [0.3, 0.4) is 0 Å².